The molecule has 1 aromatic rings. The Balaban J connectivity index is 1.84. The second-order valence-corrected chi connectivity index (χ2v) is 15.8. The summed E-state index contributed by atoms with van der Waals surface area (Å²) in [7, 11) is -1.86. The number of hydrogen-bond donors (Lipinski definition) is 1. The molecule has 6 heteroatoms. The van der Waals surface area contributed by atoms with E-state index in [1.54, 1.807) is 0 Å². The predicted molar refractivity (Wildman–Crippen MR) is 136 cm³/mol. The van der Waals surface area contributed by atoms with Gasteiger partial charge in [0.05, 0.1) is 18.7 Å². The van der Waals surface area contributed by atoms with E-state index in [0.717, 1.165) is 18.8 Å². The SMILES string of the molecule is C=CCN(CC=C)c1cccc([C@@H]2N[C@H](CO[Si](C)(C)C(C)(C)C)[C@H]3OC(C)(C)O[C@H]32)c1. The van der Waals surface area contributed by atoms with Crippen LogP contribution >= 0.6 is 0 Å². The van der Waals surface area contributed by atoms with Crippen molar-refractivity contribution in [3.8, 4) is 0 Å². The number of hydrogen-bond acceptors (Lipinski definition) is 5. The van der Waals surface area contributed by atoms with Crippen molar-refractivity contribution in [2.75, 3.05) is 24.6 Å². The zero-order valence-corrected chi connectivity index (χ0v) is 22.0. The van der Waals surface area contributed by atoms with Crippen LogP contribution in [0.25, 0.3) is 0 Å². The van der Waals surface area contributed by atoms with Gasteiger partial charge in [-0.1, -0.05) is 45.1 Å². The molecule has 0 amide bonds. The Hall–Kier alpha value is -1.44. The molecule has 0 aromatic heterocycles. The first kappa shape index (κ1) is 25.2. The van der Waals surface area contributed by atoms with Gasteiger partial charge in [-0.3, -0.25) is 0 Å². The molecule has 1 aromatic carbocycles. The Morgan fingerprint density at radius 1 is 1.12 bits per heavy atom. The Morgan fingerprint density at radius 3 is 2.34 bits per heavy atom. The summed E-state index contributed by atoms with van der Waals surface area (Å²) in [6, 6.07) is 8.79. The van der Waals surface area contributed by atoms with Crippen molar-refractivity contribution in [3.63, 3.8) is 0 Å². The lowest BCUT2D eigenvalue weighted by Crippen LogP contribution is -2.47. The van der Waals surface area contributed by atoms with Crippen LogP contribution in [-0.2, 0) is 13.9 Å². The van der Waals surface area contributed by atoms with Gasteiger partial charge in [0.1, 0.15) is 12.2 Å². The highest BCUT2D eigenvalue weighted by atomic mass is 28.4. The van der Waals surface area contributed by atoms with Crippen LogP contribution in [0.15, 0.2) is 49.6 Å². The molecule has 0 saturated carbocycles. The van der Waals surface area contributed by atoms with Crippen LogP contribution in [-0.4, -0.2) is 52.1 Å². The molecule has 178 valence electrons. The van der Waals surface area contributed by atoms with Gasteiger partial charge in [-0.05, 0) is 49.7 Å². The van der Waals surface area contributed by atoms with Crippen molar-refractivity contribution in [1.82, 2.24) is 5.32 Å². The normalized spacial score (nSPS) is 27.2. The molecule has 2 heterocycles. The molecule has 0 unspecified atom stereocenters. The summed E-state index contributed by atoms with van der Waals surface area (Å²) in [5.41, 5.74) is 2.35. The molecule has 0 bridgehead atoms. The van der Waals surface area contributed by atoms with Crippen LogP contribution in [0, 0.1) is 0 Å². The van der Waals surface area contributed by atoms with Crippen molar-refractivity contribution in [1.29, 1.82) is 0 Å². The number of benzene rings is 1. The van der Waals surface area contributed by atoms with Crippen LogP contribution in [0.2, 0.25) is 18.1 Å². The molecule has 0 spiro atoms. The summed E-state index contributed by atoms with van der Waals surface area (Å²) in [5.74, 6) is -0.597. The zero-order chi connectivity index (χ0) is 23.7. The van der Waals surface area contributed by atoms with Crippen molar-refractivity contribution in [3.05, 3.63) is 55.1 Å². The first-order valence-corrected chi connectivity index (χ1v) is 14.6. The molecule has 4 atom stereocenters. The number of nitrogens with zero attached hydrogens (tertiary/aromatic N) is 1. The highest BCUT2D eigenvalue weighted by Crippen LogP contribution is 2.43. The fourth-order valence-corrected chi connectivity index (χ4v) is 5.29. The van der Waals surface area contributed by atoms with Crippen LogP contribution in [0.5, 0.6) is 0 Å². The third-order valence-electron chi connectivity index (χ3n) is 7.01. The summed E-state index contributed by atoms with van der Waals surface area (Å²) in [4.78, 5) is 2.25. The molecule has 2 aliphatic heterocycles. The number of anilines is 1. The van der Waals surface area contributed by atoms with Crippen molar-refractivity contribution < 1.29 is 13.9 Å². The summed E-state index contributed by atoms with van der Waals surface area (Å²) in [6.45, 7) is 25.4. The highest BCUT2D eigenvalue weighted by Gasteiger charge is 2.54. The number of ether oxygens (including phenoxy) is 2. The Morgan fingerprint density at radius 2 is 1.75 bits per heavy atom. The van der Waals surface area contributed by atoms with E-state index in [2.05, 4.69) is 81.5 Å². The van der Waals surface area contributed by atoms with Gasteiger partial charge in [0.2, 0.25) is 0 Å². The molecule has 32 heavy (non-hydrogen) atoms. The average molecular weight is 459 g/mol. The van der Waals surface area contributed by atoms with Gasteiger partial charge in [0.25, 0.3) is 0 Å². The van der Waals surface area contributed by atoms with E-state index in [-0.39, 0.29) is 29.3 Å². The maximum absolute atomic E-state index is 6.57. The maximum atomic E-state index is 6.57. The Bertz CT molecular complexity index is 808. The van der Waals surface area contributed by atoms with Crippen LogP contribution < -0.4 is 10.2 Å². The van der Waals surface area contributed by atoms with E-state index in [4.69, 9.17) is 13.9 Å². The van der Waals surface area contributed by atoms with E-state index < -0.39 is 14.1 Å². The van der Waals surface area contributed by atoms with Crippen molar-refractivity contribution in [2.45, 2.75) is 82.8 Å². The first-order chi connectivity index (χ1) is 14.9. The second kappa shape index (κ2) is 9.43. The van der Waals surface area contributed by atoms with E-state index in [1.165, 1.54) is 5.56 Å². The monoisotopic (exact) mass is 458 g/mol. The molecule has 2 saturated heterocycles. The van der Waals surface area contributed by atoms with E-state index in [1.807, 2.05) is 26.0 Å². The minimum atomic E-state index is -1.86. The van der Waals surface area contributed by atoms with Gasteiger partial charge in [-0.15, -0.1) is 13.2 Å². The molecule has 2 fully saturated rings. The molecule has 3 rings (SSSR count). The third kappa shape index (κ3) is 5.37. The zero-order valence-electron chi connectivity index (χ0n) is 21.0. The van der Waals surface area contributed by atoms with Gasteiger partial charge in [0, 0.05) is 18.8 Å². The summed E-state index contributed by atoms with van der Waals surface area (Å²) in [6.07, 6.45) is 3.75. The van der Waals surface area contributed by atoms with Crippen LogP contribution in [0.4, 0.5) is 5.69 Å². The lowest BCUT2D eigenvalue weighted by Gasteiger charge is -2.37. The van der Waals surface area contributed by atoms with Gasteiger partial charge < -0.3 is 24.1 Å². The molecule has 0 radical (unpaired) electrons. The molecule has 2 aliphatic rings. The molecule has 0 aliphatic carbocycles. The highest BCUT2D eigenvalue weighted by molar-refractivity contribution is 6.74. The van der Waals surface area contributed by atoms with Crippen LogP contribution in [0.1, 0.15) is 46.2 Å². The minimum absolute atomic E-state index is 0.0409. The summed E-state index contributed by atoms with van der Waals surface area (Å²) >= 11 is 0. The van der Waals surface area contributed by atoms with E-state index in [9.17, 15) is 0 Å². The lowest BCUT2D eigenvalue weighted by atomic mass is 10.0. The lowest BCUT2D eigenvalue weighted by molar-refractivity contribution is -0.157. The topological polar surface area (TPSA) is 43.0 Å². The average Bonchev–Trinajstić information content (AvgIpc) is 3.18. The maximum Gasteiger partial charge on any atom is 0.192 e. The van der Waals surface area contributed by atoms with E-state index >= 15 is 0 Å². The fraction of sp³-hybridized carbons (Fsp3) is 0.615. The molecule has 1 N–H and O–H groups in total. The minimum Gasteiger partial charge on any atom is -0.415 e. The first-order valence-electron chi connectivity index (χ1n) is 11.7. The Labute approximate surface area is 195 Å². The summed E-state index contributed by atoms with van der Waals surface area (Å²) < 4.78 is 19.3. The van der Waals surface area contributed by atoms with Gasteiger partial charge in [-0.25, -0.2) is 0 Å². The predicted octanol–water partition coefficient (Wildman–Crippen LogP) is 5.42. The second-order valence-electron chi connectivity index (χ2n) is 11.0. The van der Waals surface area contributed by atoms with Gasteiger partial charge >= 0.3 is 0 Å². The van der Waals surface area contributed by atoms with Gasteiger partial charge in [0.15, 0.2) is 14.1 Å². The largest absolute Gasteiger partial charge is 0.415 e. The third-order valence-corrected chi connectivity index (χ3v) is 11.5. The van der Waals surface area contributed by atoms with E-state index in [0.29, 0.717) is 6.61 Å². The molecule has 5 nitrogen and oxygen atoms in total. The van der Waals surface area contributed by atoms with Crippen molar-refractivity contribution in [2.24, 2.45) is 0 Å². The quantitative estimate of drug-likeness (QED) is 0.395. The Kier molecular flexibility index (Phi) is 7.42. The molecular weight excluding hydrogens is 416 g/mol. The smallest absolute Gasteiger partial charge is 0.192 e. The fourth-order valence-electron chi connectivity index (χ4n) is 4.26. The molecular formula is C26H42N2O3Si. The summed E-state index contributed by atoms with van der Waals surface area (Å²) in [5, 5.41) is 3.96. The van der Waals surface area contributed by atoms with Crippen molar-refractivity contribution >= 4 is 14.0 Å². The van der Waals surface area contributed by atoms with Gasteiger partial charge in [-0.2, -0.15) is 0 Å². The number of fused-ring (bicyclic) bond motifs is 1. The number of rotatable bonds is 9. The standard InChI is InChI=1S/C26H42N2O3Si/c1-10-15-28(16-11-2)20-14-12-13-19(17-20)22-24-23(30-26(6,7)31-24)21(27-22)18-29-32(8,9)25(3,4)5/h10-14,17,21-24,27H,1-2,15-16,18H2,3-9H3/t21-,22+,23-,24+/m1/s1. The number of nitrogens with one attached hydrogen (secondary N) is 1. The van der Waals surface area contributed by atoms with Crippen LogP contribution in [0.3, 0.4) is 0 Å².